The van der Waals surface area contributed by atoms with Gasteiger partial charge in [0.15, 0.2) is 6.10 Å². The van der Waals surface area contributed by atoms with Gasteiger partial charge >= 0.3 is 6.09 Å². The number of H-pyrrole nitrogens is 1. The van der Waals surface area contributed by atoms with E-state index in [1.54, 1.807) is 49.5 Å². The van der Waals surface area contributed by atoms with Gasteiger partial charge in [0.2, 0.25) is 5.91 Å². The lowest BCUT2D eigenvalue weighted by Gasteiger charge is -2.21. The van der Waals surface area contributed by atoms with E-state index in [0.29, 0.717) is 30.6 Å². The molecule has 0 saturated carbocycles. The summed E-state index contributed by atoms with van der Waals surface area (Å²) in [6.45, 7) is 1.30. The Bertz CT molecular complexity index is 1440. The van der Waals surface area contributed by atoms with Crippen molar-refractivity contribution in [3.05, 3.63) is 76.6 Å². The second kappa shape index (κ2) is 12.4. The van der Waals surface area contributed by atoms with Crippen LogP contribution in [0.5, 0.6) is 0 Å². The van der Waals surface area contributed by atoms with Gasteiger partial charge in [-0.05, 0) is 68.2 Å². The molecule has 1 fully saturated rings. The lowest BCUT2D eigenvalue weighted by atomic mass is 10.1. The van der Waals surface area contributed by atoms with E-state index in [1.165, 1.54) is 33.7 Å². The van der Waals surface area contributed by atoms with Gasteiger partial charge in [-0.2, -0.15) is 0 Å². The number of rotatable bonds is 9. The minimum Gasteiger partial charge on any atom is -0.436 e. The van der Waals surface area contributed by atoms with Gasteiger partial charge in [-0.1, -0.05) is 6.08 Å². The molecule has 3 heterocycles. The van der Waals surface area contributed by atoms with Crippen molar-refractivity contribution in [1.29, 1.82) is 0 Å². The van der Waals surface area contributed by atoms with Crippen molar-refractivity contribution in [2.24, 2.45) is 0 Å². The Morgan fingerprint density at radius 2 is 1.95 bits per heavy atom. The van der Waals surface area contributed by atoms with Crippen LogP contribution >= 0.6 is 0 Å². The summed E-state index contributed by atoms with van der Waals surface area (Å²) in [4.78, 5) is 56.8. The number of carbonyl (C=O) groups excluding carboxylic acids is 3. The second-order valence-corrected chi connectivity index (χ2v) is 9.65. The molecule has 1 unspecified atom stereocenters. The first-order valence-corrected chi connectivity index (χ1v) is 12.8. The number of hydrogen-bond donors (Lipinski definition) is 2. The number of ether oxygens (including phenoxy) is 1. The molecule has 11 heteroatoms. The van der Waals surface area contributed by atoms with Crippen LogP contribution in [0.25, 0.3) is 10.9 Å². The summed E-state index contributed by atoms with van der Waals surface area (Å²) in [5.74, 6) is -1.18. The summed E-state index contributed by atoms with van der Waals surface area (Å²) < 4.78 is 20.5. The summed E-state index contributed by atoms with van der Waals surface area (Å²) in [5, 5.41) is 3.29. The van der Waals surface area contributed by atoms with E-state index in [9.17, 15) is 23.6 Å². The minimum atomic E-state index is -1.16. The molecule has 0 aliphatic carbocycles. The first-order chi connectivity index (χ1) is 18.7. The van der Waals surface area contributed by atoms with Crippen molar-refractivity contribution in [2.45, 2.75) is 38.3 Å². The van der Waals surface area contributed by atoms with Gasteiger partial charge in [-0.15, -0.1) is 0 Å². The van der Waals surface area contributed by atoms with E-state index in [1.807, 2.05) is 0 Å². The molecule has 0 bridgehead atoms. The maximum Gasteiger partial charge on any atom is 0.410 e. The van der Waals surface area contributed by atoms with Crippen molar-refractivity contribution in [3.63, 3.8) is 0 Å². The molecular formula is C28H32FN5O5. The number of carbonyl (C=O) groups is 3. The van der Waals surface area contributed by atoms with Crippen molar-refractivity contribution in [3.8, 4) is 0 Å². The number of amides is 3. The molecule has 2 N–H and O–H groups in total. The highest BCUT2D eigenvalue weighted by atomic mass is 19.1. The maximum atomic E-state index is 13.5. The number of pyridine rings is 1. The van der Waals surface area contributed by atoms with E-state index in [0.717, 1.165) is 18.4 Å². The smallest absolute Gasteiger partial charge is 0.410 e. The number of nitrogens with one attached hydrogen (secondary N) is 2. The topological polar surface area (TPSA) is 117 Å². The number of anilines is 1. The predicted molar refractivity (Wildman–Crippen MR) is 145 cm³/mol. The molecule has 206 valence electrons. The van der Waals surface area contributed by atoms with Gasteiger partial charge in [-0.3, -0.25) is 14.4 Å². The average Bonchev–Trinajstić information content (AvgIpc) is 3.57. The van der Waals surface area contributed by atoms with Crippen molar-refractivity contribution in [2.75, 3.05) is 32.5 Å². The number of aromatic amines is 1. The van der Waals surface area contributed by atoms with Crippen LogP contribution in [0.4, 0.5) is 14.9 Å². The van der Waals surface area contributed by atoms with E-state index >= 15 is 0 Å². The van der Waals surface area contributed by atoms with Crippen LogP contribution in [0.2, 0.25) is 0 Å². The van der Waals surface area contributed by atoms with Crippen LogP contribution < -0.4 is 10.9 Å². The Hall–Kier alpha value is -4.41. The zero-order valence-electron chi connectivity index (χ0n) is 22.0. The molecule has 1 aliphatic rings. The number of benzene rings is 1. The molecule has 4 rings (SSSR count). The van der Waals surface area contributed by atoms with Gasteiger partial charge in [0.05, 0.1) is 6.54 Å². The fourth-order valence-corrected chi connectivity index (χ4v) is 4.32. The van der Waals surface area contributed by atoms with Crippen LogP contribution in [0, 0.1) is 5.82 Å². The second-order valence-electron chi connectivity index (χ2n) is 9.65. The average molecular weight is 538 g/mol. The lowest BCUT2D eigenvalue weighted by molar-refractivity contribution is -0.125. The highest BCUT2D eigenvalue weighted by molar-refractivity contribution is 5.95. The van der Waals surface area contributed by atoms with Crippen LogP contribution in [0.1, 0.15) is 31.4 Å². The van der Waals surface area contributed by atoms with E-state index in [4.69, 9.17) is 4.74 Å². The Morgan fingerprint density at radius 1 is 1.18 bits per heavy atom. The van der Waals surface area contributed by atoms with Gasteiger partial charge in [0, 0.05) is 50.0 Å². The minimum absolute atomic E-state index is 0.0326. The van der Waals surface area contributed by atoms with Gasteiger partial charge < -0.3 is 29.4 Å². The van der Waals surface area contributed by atoms with Crippen molar-refractivity contribution >= 4 is 34.5 Å². The summed E-state index contributed by atoms with van der Waals surface area (Å²) in [6, 6.07) is 9.26. The fraction of sp³-hybridized carbons (Fsp3) is 0.357. The van der Waals surface area contributed by atoms with Gasteiger partial charge in [-0.25, -0.2) is 9.18 Å². The van der Waals surface area contributed by atoms with Crippen LogP contribution in [0.3, 0.4) is 0 Å². The third-order valence-corrected chi connectivity index (χ3v) is 6.45. The quantitative estimate of drug-likeness (QED) is 0.406. The normalized spacial score (nSPS) is 14.1. The number of likely N-dealkylation sites (tertiary alicyclic amines) is 1. The highest BCUT2D eigenvalue weighted by Gasteiger charge is 2.27. The Labute approximate surface area is 225 Å². The molecular weight excluding hydrogens is 505 g/mol. The number of likely N-dealkylation sites (N-methyl/N-ethyl adjacent to an activating group) is 1. The largest absolute Gasteiger partial charge is 0.436 e. The SMILES string of the molecule is CN(C)C(=O)C=CCCC(OC(=O)N1CCCC1)C(=O)Nc1cccn(Cc2cc3cc(F)ccc3[nH]2)c1=O. The third-order valence-electron chi connectivity index (χ3n) is 6.45. The van der Waals surface area contributed by atoms with Crippen LogP contribution in [-0.4, -0.2) is 70.5 Å². The van der Waals surface area contributed by atoms with E-state index in [2.05, 4.69) is 10.3 Å². The van der Waals surface area contributed by atoms with Crippen molar-refractivity contribution < 1.29 is 23.5 Å². The molecule has 39 heavy (non-hydrogen) atoms. The van der Waals surface area contributed by atoms with E-state index < -0.39 is 23.7 Å². The summed E-state index contributed by atoms with van der Waals surface area (Å²) in [5.41, 5.74) is 1.02. The zero-order chi connectivity index (χ0) is 27.9. The van der Waals surface area contributed by atoms with Crippen LogP contribution in [-0.2, 0) is 20.9 Å². The number of nitrogens with zero attached hydrogens (tertiary/aromatic N) is 3. The number of halogens is 1. The molecule has 0 spiro atoms. The summed E-state index contributed by atoms with van der Waals surface area (Å²) in [6.07, 6.45) is 5.05. The van der Waals surface area contributed by atoms with E-state index in [-0.39, 0.29) is 30.4 Å². The van der Waals surface area contributed by atoms with Gasteiger partial charge in [0.25, 0.3) is 11.5 Å². The number of allylic oxidation sites excluding steroid dienone is 1. The molecule has 3 aromatic rings. The predicted octanol–water partition coefficient (Wildman–Crippen LogP) is 3.48. The fourth-order valence-electron chi connectivity index (χ4n) is 4.32. The first kappa shape index (κ1) is 27.6. The number of fused-ring (bicyclic) bond motifs is 1. The molecule has 0 radical (unpaired) electrons. The number of aromatic nitrogens is 2. The maximum absolute atomic E-state index is 13.5. The first-order valence-electron chi connectivity index (χ1n) is 12.8. The monoisotopic (exact) mass is 537 g/mol. The van der Waals surface area contributed by atoms with Crippen molar-refractivity contribution in [1.82, 2.24) is 19.4 Å². The Morgan fingerprint density at radius 3 is 2.69 bits per heavy atom. The molecule has 2 aromatic heterocycles. The summed E-state index contributed by atoms with van der Waals surface area (Å²) >= 11 is 0. The van der Waals surface area contributed by atoms with Crippen LogP contribution in [0.15, 0.2) is 59.5 Å². The number of hydrogen-bond acceptors (Lipinski definition) is 5. The Kier molecular flexibility index (Phi) is 8.80. The highest BCUT2D eigenvalue weighted by Crippen LogP contribution is 2.18. The Balaban J connectivity index is 1.47. The molecule has 1 atom stereocenters. The standard InChI is InChI=1S/C28H32FN5O5/c1-32(2)25(35)10-4-3-9-24(39-28(38)33-13-5-6-14-33)26(36)31-23-8-7-15-34(27(23)37)18-21-17-19-16-20(29)11-12-22(19)30-21/h4,7-8,10-12,15-17,24,30H,3,5-6,9,13-14,18H2,1-2H3,(H,31,36). The van der Waals surface area contributed by atoms with Gasteiger partial charge in [0.1, 0.15) is 11.5 Å². The molecule has 1 aliphatic heterocycles. The molecule has 1 saturated heterocycles. The third kappa shape index (κ3) is 7.13. The molecule has 3 amide bonds. The molecule has 1 aromatic carbocycles. The zero-order valence-corrected chi connectivity index (χ0v) is 22.0. The molecule has 10 nitrogen and oxygen atoms in total. The lowest BCUT2D eigenvalue weighted by Crippen LogP contribution is -2.39. The summed E-state index contributed by atoms with van der Waals surface area (Å²) in [7, 11) is 3.26.